The van der Waals surface area contributed by atoms with Gasteiger partial charge in [-0.15, -0.1) is 0 Å². The van der Waals surface area contributed by atoms with Gasteiger partial charge in [0.2, 0.25) is 5.91 Å². The SMILES string of the molecule is CC(=O)CCC(=O)N(C)CCc1cccc(F)c1. The predicted molar refractivity (Wildman–Crippen MR) is 67.7 cm³/mol. The van der Waals surface area contributed by atoms with Gasteiger partial charge in [0, 0.05) is 26.4 Å². The molecular weight excluding hydrogens is 233 g/mol. The molecule has 4 heteroatoms. The summed E-state index contributed by atoms with van der Waals surface area (Å²) in [6.07, 6.45) is 1.14. The Morgan fingerprint density at radius 2 is 2.00 bits per heavy atom. The lowest BCUT2D eigenvalue weighted by molar-refractivity contribution is -0.131. The van der Waals surface area contributed by atoms with E-state index in [0.717, 1.165) is 5.56 Å². The molecule has 1 rings (SSSR count). The molecule has 0 N–H and O–H groups in total. The summed E-state index contributed by atoms with van der Waals surface area (Å²) in [6.45, 7) is 2.00. The van der Waals surface area contributed by atoms with Crippen LogP contribution < -0.4 is 0 Å². The van der Waals surface area contributed by atoms with Crippen molar-refractivity contribution in [3.8, 4) is 0 Å². The molecule has 0 aliphatic heterocycles. The number of benzene rings is 1. The molecule has 0 spiro atoms. The van der Waals surface area contributed by atoms with E-state index >= 15 is 0 Å². The first-order chi connectivity index (χ1) is 8.49. The fraction of sp³-hybridized carbons (Fsp3) is 0.429. The molecule has 1 amide bonds. The minimum absolute atomic E-state index is 0.0156. The van der Waals surface area contributed by atoms with Gasteiger partial charge in [-0.2, -0.15) is 0 Å². The third-order valence-electron chi connectivity index (χ3n) is 2.74. The topological polar surface area (TPSA) is 37.4 Å². The average molecular weight is 251 g/mol. The Morgan fingerprint density at radius 1 is 1.28 bits per heavy atom. The molecular formula is C14H18FNO2. The van der Waals surface area contributed by atoms with Gasteiger partial charge in [0.15, 0.2) is 0 Å². The fourth-order valence-electron chi connectivity index (χ4n) is 1.59. The second kappa shape index (κ2) is 6.89. The molecule has 3 nitrogen and oxygen atoms in total. The average Bonchev–Trinajstić information content (AvgIpc) is 2.33. The van der Waals surface area contributed by atoms with Gasteiger partial charge < -0.3 is 9.69 Å². The van der Waals surface area contributed by atoms with Crippen molar-refractivity contribution < 1.29 is 14.0 Å². The Morgan fingerprint density at radius 3 is 2.61 bits per heavy atom. The van der Waals surface area contributed by atoms with Crippen LogP contribution in [0.1, 0.15) is 25.3 Å². The number of carbonyl (C=O) groups is 2. The number of likely N-dealkylation sites (N-methyl/N-ethyl adjacent to an activating group) is 1. The first kappa shape index (κ1) is 14.4. The monoisotopic (exact) mass is 251 g/mol. The Hall–Kier alpha value is -1.71. The molecule has 0 bridgehead atoms. The van der Waals surface area contributed by atoms with Gasteiger partial charge in [0.1, 0.15) is 11.6 Å². The minimum atomic E-state index is -0.266. The smallest absolute Gasteiger partial charge is 0.222 e. The lowest BCUT2D eigenvalue weighted by Gasteiger charge is -2.16. The van der Waals surface area contributed by atoms with Gasteiger partial charge in [0.05, 0.1) is 0 Å². The van der Waals surface area contributed by atoms with Gasteiger partial charge in [-0.3, -0.25) is 4.79 Å². The molecule has 1 aromatic carbocycles. The van der Waals surface area contributed by atoms with Crippen LogP contribution >= 0.6 is 0 Å². The molecule has 0 fully saturated rings. The van der Waals surface area contributed by atoms with Crippen molar-refractivity contribution in [3.63, 3.8) is 0 Å². The number of rotatable bonds is 6. The Bertz CT molecular complexity index is 432. The molecule has 0 saturated carbocycles. The summed E-state index contributed by atoms with van der Waals surface area (Å²) in [6, 6.07) is 6.35. The lowest BCUT2D eigenvalue weighted by Crippen LogP contribution is -2.28. The van der Waals surface area contributed by atoms with Crippen LogP contribution in [-0.4, -0.2) is 30.2 Å². The number of carbonyl (C=O) groups excluding carboxylic acids is 2. The maximum Gasteiger partial charge on any atom is 0.222 e. The van der Waals surface area contributed by atoms with E-state index in [4.69, 9.17) is 0 Å². The van der Waals surface area contributed by atoms with Crippen molar-refractivity contribution >= 4 is 11.7 Å². The maximum atomic E-state index is 12.9. The molecule has 0 heterocycles. The summed E-state index contributed by atoms with van der Waals surface area (Å²) in [5.41, 5.74) is 0.862. The molecule has 0 radical (unpaired) electrons. The van der Waals surface area contributed by atoms with E-state index in [1.54, 1.807) is 18.0 Å². The van der Waals surface area contributed by atoms with Crippen LogP contribution in [0, 0.1) is 5.82 Å². The van der Waals surface area contributed by atoms with E-state index in [1.807, 2.05) is 6.07 Å². The van der Waals surface area contributed by atoms with Crippen LogP contribution in [-0.2, 0) is 16.0 Å². The number of ketones is 1. The normalized spacial score (nSPS) is 10.2. The Kier molecular flexibility index (Phi) is 5.49. The zero-order chi connectivity index (χ0) is 13.5. The van der Waals surface area contributed by atoms with Gasteiger partial charge >= 0.3 is 0 Å². The molecule has 0 atom stereocenters. The summed E-state index contributed by atoms with van der Waals surface area (Å²) in [5.74, 6) is -0.304. The number of hydrogen-bond acceptors (Lipinski definition) is 2. The molecule has 0 aliphatic carbocycles. The van der Waals surface area contributed by atoms with Crippen molar-refractivity contribution in [2.45, 2.75) is 26.2 Å². The third-order valence-corrected chi connectivity index (χ3v) is 2.74. The van der Waals surface area contributed by atoms with Crippen molar-refractivity contribution in [2.75, 3.05) is 13.6 Å². The van der Waals surface area contributed by atoms with Crippen LogP contribution in [0.5, 0.6) is 0 Å². The molecule has 1 aromatic rings. The van der Waals surface area contributed by atoms with Gasteiger partial charge in [-0.05, 0) is 31.0 Å². The zero-order valence-electron chi connectivity index (χ0n) is 10.8. The summed E-state index contributed by atoms with van der Waals surface area (Å²) in [5, 5.41) is 0. The third kappa shape index (κ3) is 5.08. The van der Waals surface area contributed by atoms with Gasteiger partial charge in [-0.25, -0.2) is 4.39 Å². The van der Waals surface area contributed by atoms with E-state index in [9.17, 15) is 14.0 Å². The molecule has 0 unspecified atom stereocenters. The summed E-state index contributed by atoms with van der Waals surface area (Å²) >= 11 is 0. The molecule has 0 aliphatic rings. The van der Waals surface area contributed by atoms with Crippen molar-refractivity contribution in [1.82, 2.24) is 4.90 Å². The largest absolute Gasteiger partial charge is 0.345 e. The summed E-state index contributed by atoms with van der Waals surface area (Å²) < 4.78 is 12.9. The van der Waals surface area contributed by atoms with E-state index < -0.39 is 0 Å². The zero-order valence-corrected chi connectivity index (χ0v) is 10.8. The highest BCUT2D eigenvalue weighted by atomic mass is 19.1. The quantitative estimate of drug-likeness (QED) is 0.777. The highest BCUT2D eigenvalue weighted by molar-refractivity contribution is 5.83. The van der Waals surface area contributed by atoms with Crippen molar-refractivity contribution in [2.24, 2.45) is 0 Å². The molecule has 98 valence electrons. The van der Waals surface area contributed by atoms with Crippen LogP contribution in [0.15, 0.2) is 24.3 Å². The number of nitrogens with zero attached hydrogens (tertiary/aromatic N) is 1. The van der Waals surface area contributed by atoms with Crippen molar-refractivity contribution in [1.29, 1.82) is 0 Å². The molecule has 0 saturated heterocycles. The Labute approximate surface area is 107 Å². The van der Waals surface area contributed by atoms with Crippen LogP contribution in [0.4, 0.5) is 4.39 Å². The number of Topliss-reactive ketones (excluding diaryl/α,β-unsaturated/α-hetero) is 1. The van der Waals surface area contributed by atoms with Gasteiger partial charge in [0.25, 0.3) is 0 Å². The predicted octanol–water partition coefficient (Wildman–Crippen LogP) is 2.20. The maximum absolute atomic E-state index is 12.9. The highest BCUT2D eigenvalue weighted by Gasteiger charge is 2.09. The highest BCUT2D eigenvalue weighted by Crippen LogP contribution is 2.05. The molecule has 0 aromatic heterocycles. The second-order valence-electron chi connectivity index (χ2n) is 4.40. The first-order valence-electron chi connectivity index (χ1n) is 5.97. The fourth-order valence-corrected chi connectivity index (χ4v) is 1.59. The van der Waals surface area contributed by atoms with E-state index in [-0.39, 0.29) is 30.3 Å². The first-order valence-corrected chi connectivity index (χ1v) is 5.97. The van der Waals surface area contributed by atoms with Crippen LogP contribution in [0.3, 0.4) is 0 Å². The van der Waals surface area contributed by atoms with E-state index in [2.05, 4.69) is 0 Å². The standard InChI is InChI=1S/C14H18FNO2/c1-11(17)6-7-14(18)16(2)9-8-12-4-3-5-13(15)10-12/h3-5,10H,6-9H2,1-2H3. The van der Waals surface area contributed by atoms with E-state index in [0.29, 0.717) is 13.0 Å². The van der Waals surface area contributed by atoms with Crippen molar-refractivity contribution in [3.05, 3.63) is 35.6 Å². The van der Waals surface area contributed by atoms with E-state index in [1.165, 1.54) is 19.1 Å². The van der Waals surface area contributed by atoms with Gasteiger partial charge in [-0.1, -0.05) is 12.1 Å². The number of hydrogen-bond donors (Lipinski definition) is 0. The number of amides is 1. The Balaban J connectivity index is 2.38. The summed E-state index contributed by atoms with van der Waals surface area (Å²) in [7, 11) is 1.70. The summed E-state index contributed by atoms with van der Waals surface area (Å²) in [4.78, 5) is 24.0. The molecule has 18 heavy (non-hydrogen) atoms. The minimum Gasteiger partial charge on any atom is -0.345 e. The number of halogens is 1. The van der Waals surface area contributed by atoms with Crippen LogP contribution in [0.25, 0.3) is 0 Å². The van der Waals surface area contributed by atoms with Crippen LogP contribution in [0.2, 0.25) is 0 Å². The second-order valence-corrected chi connectivity index (χ2v) is 4.40. The lowest BCUT2D eigenvalue weighted by atomic mass is 10.1.